The lowest BCUT2D eigenvalue weighted by molar-refractivity contribution is 0.125. The van der Waals surface area contributed by atoms with Gasteiger partial charge in [0.2, 0.25) is 0 Å². The molecule has 2 aromatic carbocycles. The number of halogens is 2. The van der Waals surface area contributed by atoms with Crippen LogP contribution in [0.3, 0.4) is 0 Å². The molecule has 0 unspecified atom stereocenters. The second-order valence-electron chi connectivity index (χ2n) is 6.64. The Morgan fingerprint density at radius 1 is 1.10 bits per heavy atom. The molecule has 30 heavy (non-hydrogen) atoms. The van der Waals surface area contributed by atoms with Crippen molar-refractivity contribution in [2.45, 2.75) is 25.8 Å². The number of aliphatic imine (C=N–C) groups is 1. The molecule has 0 aromatic heterocycles. The standard InChI is InChI=1S/C21H28FN3O3S.HI/c1-3-23-21(24-11-12-28-15-17-7-5-4-6-8-17)25-14-19-13-20(22)10-9-18(19)16-29(2,26)27;/h4-10,13H,3,11-12,14-16H2,1-2H3,(H2,23,24,25);1H. The van der Waals surface area contributed by atoms with Crippen LogP contribution in [-0.2, 0) is 33.5 Å². The maximum atomic E-state index is 13.6. The summed E-state index contributed by atoms with van der Waals surface area (Å²) in [5.74, 6) is 0.000187. The molecule has 0 aliphatic carbocycles. The number of sulfone groups is 1. The maximum absolute atomic E-state index is 13.6. The molecule has 166 valence electrons. The van der Waals surface area contributed by atoms with Crippen molar-refractivity contribution < 1.29 is 17.5 Å². The highest BCUT2D eigenvalue weighted by Gasteiger charge is 2.10. The van der Waals surface area contributed by atoms with Gasteiger partial charge in [-0.15, -0.1) is 24.0 Å². The minimum Gasteiger partial charge on any atom is -0.375 e. The van der Waals surface area contributed by atoms with E-state index < -0.39 is 15.7 Å². The van der Waals surface area contributed by atoms with Gasteiger partial charge in [0.05, 0.1) is 25.5 Å². The van der Waals surface area contributed by atoms with Crippen molar-refractivity contribution in [2.75, 3.05) is 26.0 Å². The number of nitrogens with one attached hydrogen (secondary N) is 2. The Bertz CT molecular complexity index is 909. The summed E-state index contributed by atoms with van der Waals surface area (Å²) in [6.45, 7) is 4.37. The number of hydrogen-bond donors (Lipinski definition) is 2. The largest absolute Gasteiger partial charge is 0.375 e. The van der Waals surface area contributed by atoms with Crippen LogP contribution >= 0.6 is 24.0 Å². The smallest absolute Gasteiger partial charge is 0.191 e. The number of ether oxygens (including phenoxy) is 1. The van der Waals surface area contributed by atoms with Crippen molar-refractivity contribution in [1.82, 2.24) is 10.6 Å². The lowest BCUT2D eigenvalue weighted by Crippen LogP contribution is -2.39. The lowest BCUT2D eigenvalue weighted by atomic mass is 10.1. The number of guanidine groups is 1. The molecule has 0 aliphatic rings. The molecule has 0 atom stereocenters. The zero-order valence-electron chi connectivity index (χ0n) is 17.2. The van der Waals surface area contributed by atoms with Gasteiger partial charge in [-0.2, -0.15) is 0 Å². The first-order valence-corrected chi connectivity index (χ1v) is 11.5. The first-order chi connectivity index (χ1) is 13.9. The second-order valence-corrected chi connectivity index (χ2v) is 8.78. The van der Waals surface area contributed by atoms with Crippen molar-refractivity contribution in [3.05, 3.63) is 71.0 Å². The normalized spacial score (nSPS) is 11.6. The molecule has 0 spiro atoms. The Morgan fingerprint density at radius 3 is 2.50 bits per heavy atom. The Morgan fingerprint density at radius 2 is 1.83 bits per heavy atom. The summed E-state index contributed by atoms with van der Waals surface area (Å²) >= 11 is 0. The van der Waals surface area contributed by atoms with E-state index >= 15 is 0 Å². The van der Waals surface area contributed by atoms with E-state index in [0.29, 0.717) is 43.4 Å². The molecule has 0 saturated heterocycles. The summed E-state index contributed by atoms with van der Waals surface area (Å²) in [5, 5.41) is 6.28. The van der Waals surface area contributed by atoms with E-state index in [9.17, 15) is 12.8 Å². The molecule has 0 amide bonds. The molecule has 0 fully saturated rings. The lowest BCUT2D eigenvalue weighted by Gasteiger charge is -2.13. The maximum Gasteiger partial charge on any atom is 0.191 e. The minimum absolute atomic E-state index is 0. The van der Waals surface area contributed by atoms with Crippen molar-refractivity contribution in [3.8, 4) is 0 Å². The molecule has 6 nitrogen and oxygen atoms in total. The highest BCUT2D eigenvalue weighted by Crippen LogP contribution is 2.15. The van der Waals surface area contributed by atoms with E-state index in [2.05, 4.69) is 15.6 Å². The topological polar surface area (TPSA) is 79.8 Å². The van der Waals surface area contributed by atoms with E-state index in [1.54, 1.807) is 0 Å². The zero-order valence-corrected chi connectivity index (χ0v) is 20.4. The van der Waals surface area contributed by atoms with Crippen molar-refractivity contribution in [3.63, 3.8) is 0 Å². The fraction of sp³-hybridized carbons (Fsp3) is 0.381. The summed E-state index contributed by atoms with van der Waals surface area (Å²) in [5.41, 5.74) is 2.21. The predicted octanol–water partition coefficient (Wildman–Crippen LogP) is 3.26. The molecular weight excluding hydrogens is 520 g/mol. The second kappa shape index (κ2) is 13.6. The Balaban J connectivity index is 0.00000450. The number of nitrogens with zero attached hydrogens (tertiary/aromatic N) is 1. The van der Waals surface area contributed by atoms with Crippen LogP contribution in [0.2, 0.25) is 0 Å². The van der Waals surface area contributed by atoms with Crippen molar-refractivity contribution in [2.24, 2.45) is 4.99 Å². The third-order valence-electron chi connectivity index (χ3n) is 3.99. The molecule has 9 heteroatoms. The van der Waals surface area contributed by atoms with Crippen LogP contribution in [0.1, 0.15) is 23.6 Å². The molecule has 2 aromatic rings. The number of benzene rings is 2. The SMILES string of the molecule is CCNC(=NCc1cc(F)ccc1CS(C)(=O)=O)NCCOCc1ccccc1.I. The first kappa shape index (κ1) is 26.3. The van der Waals surface area contributed by atoms with Crippen LogP contribution in [0, 0.1) is 5.82 Å². The van der Waals surface area contributed by atoms with Gasteiger partial charge in [-0.05, 0) is 35.7 Å². The fourth-order valence-corrected chi connectivity index (χ4v) is 3.52. The third kappa shape index (κ3) is 10.4. The first-order valence-electron chi connectivity index (χ1n) is 9.46. The fourth-order valence-electron chi connectivity index (χ4n) is 2.68. The van der Waals surface area contributed by atoms with Gasteiger partial charge in [-0.3, -0.25) is 0 Å². The van der Waals surface area contributed by atoms with Crippen LogP contribution in [0.5, 0.6) is 0 Å². The molecule has 0 saturated carbocycles. The van der Waals surface area contributed by atoms with Crippen LogP contribution in [0.15, 0.2) is 53.5 Å². The van der Waals surface area contributed by atoms with Crippen LogP contribution < -0.4 is 10.6 Å². The molecule has 0 radical (unpaired) electrons. The molecule has 2 rings (SSSR count). The summed E-state index contributed by atoms with van der Waals surface area (Å²) in [6.07, 6.45) is 1.16. The van der Waals surface area contributed by atoms with Gasteiger partial charge in [0.1, 0.15) is 5.82 Å². The molecule has 0 bridgehead atoms. The van der Waals surface area contributed by atoms with E-state index in [0.717, 1.165) is 11.8 Å². The van der Waals surface area contributed by atoms with Crippen LogP contribution in [-0.4, -0.2) is 40.3 Å². The van der Waals surface area contributed by atoms with Gasteiger partial charge in [0.25, 0.3) is 0 Å². The van der Waals surface area contributed by atoms with Crippen LogP contribution in [0.25, 0.3) is 0 Å². The minimum atomic E-state index is -3.22. The highest BCUT2D eigenvalue weighted by atomic mass is 127. The Kier molecular flexibility index (Phi) is 11.9. The van der Waals surface area contributed by atoms with Gasteiger partial charge in [0, 0.05) is 19.3 Å². The Hall–Kier alpha value is -1.72. The summed E-state index contributed by atoms with van der Waals surface area (Å²) in [6, 6.07) is 14.0. The van der Waals surface area contributed by atoms with Gasteiger partial charge >= 0.3 is 0 Å². The average Bonchev–Trinajstić information content (AvgIpc) is 2.67. The van der Waals surface area contributed by atoms with E-state index in [1.165, 1.54) is 18.2 Å². The quantitative estimate of drug-likeness (QED) is 0.206. The van der Waals surface area contributed by atoms with Crippen LogP contribution in [0.4, 0.5) is 4.39 Å². The monoisotopic (exact) mass is 549 g/mol. The molecular formula is C21H29FIN3O3S. The predicted molar refractivity (Wildman–Crippen MR) is 129 cm³/mol. The van der Waals surface area contributed by atoms with E-state index in [-0.39, 0.29) is 36.3 Å². The van der Waals surface area contributed by atoms with Gasteiger partial charge in [0.15, 0.2) is 15.8 Å². The molecule has 0 aliphatic heterocycles. The van der Waals surface area contributed by atoms with E-state index in [4.69, 9.17) is 4.74 Å². The van der Waals surface area contributed by atoms with Crippen molar-refractivity contribution in [1.29, 1.82) is 0 Å². The summed E-state index contributed by atoms with van der Waals surface area (Å²) in [7, 11) is -3.22. The summed E-state index contributed by atoms with van der Waals surface area (Å²) in [4.78, 5) is 4.45. The summed E-state index contributed by atoms with van der Waals surface area (Å²) < 4.78 is 42.5. The van der Waals surface area contributed by atoms with Gasteiger partial charge < -0.3 is 15.4 Å². The highest BCUT2D eigenvalue weighted by molar-refractivity contribution is 14.0. The van der Waals surface area contributed by atoms with E-state index in [1.807, 2.05) is 37.3 Å². The molecule has 0 heterocycles. The third-order valence-corrected chi connectivity index (χ3v) is 4.82. The molecule has 2 N–H and O–H groups in total. The Labute approximate surface area is 195 Å². The number of hydrogen-bond acceptors (Lipinski definition) is 4. The zero-order chi connectivity index (χ0) is 21.1. The number of rotatable bonds is 10. The average molecular weight is 549 g/mol. The van der Waals surface area contributed by atoms with Gasteiger partial charge in [-0.25, -0.2) is 17.8 Å². The van der Waals surface area contributed by atoms with Gasteiger partial charge in [-0.1, -0.05) is 36.4 Å². The van der Waals surface area contributed by atoms with Crippen molar-refractivity contribution >= 4 is 39.8 Å².